The minimum atomic E-state index is -1.10. The van der Waals surface area contributed by atoms with Crippen LogP contribution in [0, 0.1) is 0 Å². The number of carbonyl (C=O) groups is 3. The van der Waals surface area contributed by atoms with Crippen LogP contribution in [0.25, 0.3) is 0 Å². The molecule has 0 atom stereocenters. The molecule has 36 heavy (non-hydrogen) atoms. The zero-order valence-electron chi connectivity index (χ0n) is 18.8. The lowest BCUT2D eigenvalue weighted by molar-refractivity contribution is -0.140. The maximum Gasteiger partial charge on any atom is 0.341 e. The second-order valence-corrected chi connectivity index (χ2v) is 7.09. The minimum absolute atomic E-state index is 0.324. The van der Waals surface area contributed by atoms with Crippen LogP contribution in [0.4, 0.5) is 5.69 Å². The van der Waals surface area contributed by atoms with Crippen molar-refractivity contribution in [2.24, 2.45) is 10.2 Å². The van der Waals surface area contributed by atoms with Crippen LogP contribution in [-0.4, -0.2) is 53.7 Å². The molecule has 0 saturated heterocycles. The fraction of sp³-hybridized carbons (Fsp3) is 0.0800. The molecule has 0 aliphatic carbocycles. The number of rotatable bonds is 12. The molecule has 3 rings (SSSR count). The van der Waals surface area contributed by atoms with Gasteiger partial charge in [-0.2, -0.15) is 10.2 Å². The third kappa shape index (κ3) is 7.99. The Morgan fingerprint density at radius 2 is 1.22 bits per heavy atom. The van der Waals surface area contributed by atoms with Crippen LogP contribution in [0.1, 0.15) is 21.5 Å². The molecule has 3 aromatic carbocycles. The summed E-state index contributed by atoms with van der Waals surface area (Å²) in [6.07, 6.45) is 2.85. The number of hydrazone groups is 2. The lowest BCUT2D eigenvalue weighted by Gasteiger charge is -2.07. The van der Waals surface area contributed by atoms with Gasteiger partial charge in [0, 0.05) is 16.7 Å². The van der Waals surface area contributed by atoms with Crippen molar-refractivity contribution >= 4 is 36.0 Å². The lowest BCUT2D eigenvalue weighted by atomic mass is 10.2. The summed E-state index contributed by atoms with van der Waals surface area (Å²) >= 11 is 0. The van der Waals surface area contributed by atoms with Crippen LogP contribution < -0.4 is 20.3 Å². The molecule has 0 heterocycles. The highest BCUT2D eigenvalue weighted by Gasteiger charge is 2.06. The van der Waals surface area contributed by atoms with E-state index in [-0.39, 0.29) is 0 Å². The summed E-state index contributed by atoms with van der Waals surface area (Å²) in [6.45, 7) is -0.955. The zero-order valence-corrected chi connectivity index (χ0v) is 18.8. The Kier molecular flexibility index (Phi) is 9.11. The van der Waals surface area contributed by atoms with Crippen LogP contribution >= 0.6 is 0 Å². The van der Waals surface area contributed by atoms with Crippen LogP contribution in [0.15, 0.2) is 83.0 Å². The van der Waals surface area contributed by atoms with E-state index in [1.165, 1.54) is 12.4 Å². The average molecular weight is 490 g/mol. The van der Waals surface area contributed by atoms with E-state index < -0.39 is 31.1 Å². The Bertz CT molecular complexity index is 1270. The second-order valence-electron chi connectivity index (χ2n) is 7.09. The highest BCUT2D eigenvalue weighted by atomic mass is 16.5. The van der Waals surface area contributed by atoms with Crippen molar-refractivity contribution in [3.63, 3.8) is 0 Å². The number of hydrogen-bond donors (Lipinski definition) is 4. The number of ether oxygens (including phenoxy) is 2. The number of amides is 1. The summed E-state index contributed by atoms with van der Waals surface area (Å²) in [5, 5.41) is 25.5. The first-order valence-corrected chi connectivity index (χ1v) is 10.5. The number of para-hydroxylation sites is 2. The van der Waals surface area contributed by atoms with Crippen LogP contribution in [0.3, 0.4) is 0 Å². The summed E-state index contributed by atoms with van der Waals surface area (Å²) in [4.78, 5) is 33.8. The first kappa shape index (κ1) is 25.4. The monoisotopic (exact) mass is 490 g/mol. The summed E-state index contributed by atoms with van der Waals surface area (Å²) < 4.78 is 10.4. The first-order chi connectivity index (χ1) is 17.4. The fourth-order valence-corrected chi connectivity index (χ4v) is 2.81. The third-order valence-electron chi connectivity index (χ3n) is 4.45. The van der Waals surface area contributed by atoms with Gasteiger partial charge in [-0.25, -0.2) is 15.0 Å². The van der Waals surface area contributed by atoms with E-state index in [0.29, 0.717) is 33.9 Å². The quantitative estimate of drug-likeness (QED) is 0.223. The molecule has 11 nitrogen and oxygen atoms in total. The Morgan fingerprint density at radius 1 is 0.722 bits per heavy atom. The number of carbonyl (C=O) groups excluding carboxylic acids is 1. The molecule has 11 heteroatoms. The van der Waals surface area contributed by atoms with E-state index in [1.54, 1.807) is 72.8 Å². The van der Waals surface area contributed by atoms with Gasteiger partial charge < -0.3 is 19.7 Å². The van der Waals surface area contributed by atoms with Crippen molar-refractivity contribution in [3.05, 3.63) is 89.5 Å². The summed E-state index contributed by atoms with van der Waals surface area (Å²) in [6, 6.07) is 20.0. The lowest BCUT2D eigenvalue weighted by Crippen LogP contribution is -2.17. The van der Waals surface area contributed by atoms with E-state index >= 15 is 0 Å². The van der Waals surface area contributed by atoms with Gasteiger partial charge >= 0.3 is 11.9 Å². The number of anilines is 1. The first-order valence-electron chi connectivity index (χ1n) is 10.5. The van der Waals surface area contributed by atoms with Crippen LogP contribution in [0.2, 0.25) is 0 Å². The van der Waals surface area contributed by atoms with E-state index in [0.717, 1.165) is 0 Å². The molecule has 0 aliphatic rings. The van der Waals surface area contributed by atoms with E-state index in [1.807, 2.05) is 0 Å². The SMILES string of the molecule is O=C(O)COc1ccccc1/C=N/NC(=O)c1ccc(N/N=C/c2ccccc2OCC(=O)O)cc1. The molecule has 0 aliphatic heterocycles. The largest absolute Gasteiger partial charge is 0.481 e. The number of nitrogens with one attached hydrogen (secondary N) is 2. The third-order valence-corrected chi connectivity index (χ3v) is 4.45. The summed E-state index contributed by atoms with van der Waals surface area (Å²) in [5.41, 5.74) is 7.29. The Labute approximate surface area is 205 Å². The molecule has 0 saturated carbocycles. The maximum atomic E-state index is 12.4. The zero-order chi connectivity index (χ0) is 25.8. The summed E-state index contributed by atoms with van der Waals surface area (Å²) in [5.74, 6) is -1.92. The number of hydrogen-bond acceptors (Lipinski definition) is 8. The van der Waals surface area contributed by atoms with Gasteiger partial charge in [0.2, 0.25) is 0 Å². The van der Waals surface area contributed by atoms with Gasteiger partial charge in [-0.3, -0.25) is 10.2 Å². The van der Waals surface area contributed by atoms with Gasteiger partial charge in [0.05, 0.1) is 18.1 Å². The molecule has 0 unspecified atom stereocenters. The minimum Gasteiger partial charge on any atom is -0.481 e. The highest BCUT2D eigenvalue weighted by Crippen LogP contribution is 2.17. The van der Waals surface area contributed by atoms with Gasteiger partial charge in [-0.05, 0) is 48.5 Å². The van der Waals surface area contributed by atoms with E-state index in [4.69, 9.17) is 19.7 Å². The number of benzene rings is 3. The number of carboxylic acid groups (broad SMARTS) is 2. The van der Waals surface area contributed by atoms with Crippen molar-refractivity contribution in [1.29, 1.82) is 0 Å². The maximum absolute atomic E-state index is 12.4. The average Bonchev–Trinajstić information content (AvgIpc) is 2.87. The Balaban J connectivity index is 1.55. The molecule has 0 fully saturated rings. The van der Waals surface area contributed by atoms with Gasteiger partial charge in [0.25, 0.3) is 5.91 Å². The standard InChI is InChI=1S/C25H22N4O7/c30-23(31)15-35-21-7-3-1-5-18(21)13-26-28-20-11-9-17(10-12-20)25(34)29-27-14-19-6-2-4-8-22(19)36-16-24(32)33/h1-14,28H,15-16H2,(H,29,34)(H,30,31)(H,32,33)/b26-13+,27-14+. The van der Waals surface area contributed by atoms with Crippen LogP contribution in [0.5, 0.6) is 11.5 Å². The molecule has 4 N–H and O–H groups in total. The van der Waals surface area contributed by atoms with Crippen LogP contribution in [-0.2, 0) is 9.59 Å². The molecular weight excluding hydrogens is 468 g/mol. The number of carboxylic acids is 2. The number of aliphatic carboxylic acids is 2. The Morgan fingerprint density at radius 3 is 1.75 bits per heavy atom. The van der Waals surface area contributed by atoms with Crippen molar-refractivity contribution in [1.82, 2.24) is 5.43 Å². The molecule has 0 spiro atoms. The molecule has 0 aromatic heterocycles. The van der Waals surface area contributed by atoms with Crippen molar-refractivity contribution in [3.8, 4) is 11.5 Å². The fourth-order valence-electron chi connectivity index (χ4n) is 2.81. The molecule has 3 aromatic rings. The predicted molar refractivity (Wildman–Crippen MR) is 132 cm³/mol. The normalized spacial score (nSPS) is 10.8. The van der Waals surface area contributed by atoms with Crippen molar-refractivity contribution < 1.29 is 34.1 Å². The van der Waals surface area contributed by atoms with Gasteiger partial charge in [0.1, 0.15) is 11.5 Å². The summed E-state index contributed by atoms with van der Waals surface area (Å²) in [7, 11) is 0. The van der Waals surface area contributed by atoms with Gasteiger partial charge in [0.15, 0.2) is 13.2 Å². The molecular formula is C25H22N4O7. The van der Waals surface area contributed by atoms with Crippen molar-refractivity contribution in [2.45, 2.75) is 0 Å². The molecule has 1 amide bonds. The van der Waals surface area contributed by atoms with Gasteiger partial charge in [-0.1, -0.05) is 24.3 Å². The number of nitrogens with zero attached hydrogens (tertiary/aromatic N) is 2. The second kappa shape index (κ2) is 12.9. The Hall–Kier alpha value is -5.19. The molecule has 0 radical (unpaired) electrons. The van der Waals surface area contributed by atoms with Crippen molar-refractivity contribution in [2.75, 3.05) is 18.6 Å². The van der Waals surface area contributed by atoms with E-state index in [2.05, 4.69) is 21.1 Å². The topological polar surface area (TPSA) is 159 Å². The molecule has 0 bridgehead atoms. The van der Waals surface area contributed by atoms with E-state index in [9.17, 15) is 14.4 Å². The predicted octanol–water partition coefficient (Wildman–Crippen LogP) is 2.82. The van der Waals surface area contributed by atoms with Gasteiger partial charge in [-0.15, -0.1) is 0 Å². The highest BCUT2D eigenvalue weighted by molar-refractivity contribution is 5.95. The molecule has 184 valence electrons. The smallest absolute Gasteiger partial charge is 0.341 e.